The number of benzene rings is 3. The van der Waals surface area contributed by atoms with Crippen molar-refractivity contribution < 1.29 is 27.6 Å². The lowest BCUT2D eigenvalue weighted by molar-refractivity contribution is 0.104. The van der Waals surface area contributed by atoms with Gasteiger partial charge in [0.25, 0.3) is 0 Å². The zero-order valence-electron chi connectivity index (χ0n) is 14.5. The van der Waals surface area contributed by atoms with Crippen LogP contribution in [0, 0.1) is 0 Å². The van der Waals surface area contributed by atoms with Crippen LogP contribution in [0.5, 0.6) is 17.2 Å². The summed E-state index contributed by atoms with van der Waals surface area (Å²) in [4.78, 5) is 12.1. The van der Waals surface area contributed by atoms with E-state index < -0.39 is 10.1 Å². The Labute approximate surface area is 162 Å². The summed E-state index contributed by atoms with van der Waals surface area (Å²) in [5, 5.41) is 18.7. The van der Waals surface area contributed by atoms with Gasteiger partial charge in [-0.25, -0.2) is 0 Å². The van der Waals surface area contributed by atoms with E-state index in [1.54, 1.807) is 18.2 Å². The van der Waals surface area contributed by atoms with Gasteiger partial charge < -0.3 is 14.4 Å². The zero-order chi connectivity index (χ0) is 20.1. The van der Waals surface area contributed by atoms with Gasteiger partial charge in [-0.1, -0.05) is 18.2 Å². The van der Waals surface area contributed by atoms with Crippen molar-refractivity contribution in [1.82, 2.24) is 0 Å². The summed E-state index contributed by atoms with van der Waals surface area (Å²) in [6.07, 6.45) is 2.93. The molecule has 7 heteroatoms. The summed E-state index contributed by atoms with van der Waals surface area (Å²) in [5.41, 5.74) is 1.03. The molecule has 3 aromatic carbocycles. The van der Waals surface area contributed by atoms with Gasteiger partial charge in [0.05, 0.1) is 0 Å². The van der Waals surface area contributed by atoms with E-state index in [0.717, 1.165) is 0 Å². The van der Waals surface area contributed by atoms with Crippen LogP contribution in [0.25, 0.3) is 6.08 Å². The van der Waals surface area contributed by atoms with Gasteiger partial charge in [0.1, 0.15) is 22.1 Å². The van der Waals surface area contributed by atoms with Gasteiger partial charge in [0.2, 0.25) is 0 Å². The Balaban J connectivity index is 1.70. The molecule has 0 aliphatic carbocycles. The van der Waals surface area contributed by atoms with E-state index in [0.29, 0.717) is 11.1 Å². The molecule has 0 aromatic heterocycles. The molecule has 0 unspecified atom stereocenters. The Kier molecular flexibility index (Phi) is 5.47. The van der Waals surface area contributed by atoms with Crippen LogP contribution in [-0.2, 0) is 10.1 Å². The maximum atomic E-state index is 12.2. The van der Waals surface area contributed by atoms with Gasteiger partial charge in [-0.2, -0.15) is 8.42 Å². The largest absolute Gasteiger partial charge is 0.508 e. The minimum atomic E-state index is -4.05. The molecule has 0 atom stereocenters. The van der Waals surface area contributed by atoms with Gasteiger partial charge in [-0.3, -0.25) is 4.79 Å². The maximum Gasteiger partial charge on any atom is 0.339 e. The maximum absolute atomic E-state index is 12.2. The van der Waals surface area contributed by atoms with Crippen LogP contribution in [-0.4, -0.2) is 24.4 Å². The molecule has 3 aromatic rings. The van der Waals surface area contributed by atoms with E-state index in [4.69, 9.17) is 4.18 Å². The lowest BCUT2D eigenvalue weighted by Crippen LogP contribution is -2.09. The lowest BCUT2D eigenvalue weighted by atomic mass is 10.1. The molecule has 0 bridgehead atoms. The van der Waals surface area contributed by atoms with E-state index in [9.17, 15) is 23.4 Å². The summed E-state index contributed by atoms with van der Waals surface area (Å²) < 4.78 is 29.5. The van der Waals surface area contributed by atoms with Crippen molar-refractivity contribution in [2.24, 2.45) is 0 Å². The molecule has 2 N–H and O–H groups in total. The molecular formula is C21H16O6S. The summed E-state index contributed by atoms with van der Waals surface area (Å²) >= 11 is 0. The number of hydrogen-bond donors (Lipinski definition) is 2. The SMILES string of the molecule is O=C(/C=C/c1cccc(O)c1)c1ccc(OS(=O)(=O)c2ccc(O)cc2)cc1. The number of aromatic hydroxyl groups is 2. The minimum absolute atomic E-state index is 0.0550. The smallest absolute Gasteiger partial charge is 0.339 e. The number of carbonyl (C=O) groups is 1. The number of phenolic OH excluding ortho intramolecular Hbond substituents is 2. The third-order valence-corrected chi connectivity index (χ3v) is 5.03. The van der Waals surface area contributed by atoms with Crippen LogP contribution >= 0.6 is 0 Å². The Bertz CT molecular complexity index is 1110. The van der Waals surface area contributed by atoms with E-state index in [1.165, 1.54) is 66.7 Å². The number of allylic oxidation sites excluding steroid dienone is 1. The third kappa shape index (κ3) is 4.77. The van der Waals surface area contributed by atoms with Crippen molar-refractivity contribution in [2.45, 2.75) is 4.90 Å². The molecular weight excluding hydrogens is 380 g/mol. The van der Waals surface area contributed by atoms with Crippen molar-refractivity contribution >= 4 is 22.0 Å². The fraction of sp³-hybridized carbons (Fsp3) is 0. The van der Waals surface area contributed by atoms with Crippen LogP contribution in [0.2, 0.25) is 0 Å². The van der Waals surface area contributed by atoms with E-state index in [2.05, 4.69) is 0 Å². The number of rotatable bonds is 6. The minimum Gasteiger partial charge on any atom is -0.508 e. The predicted molar refractivity (Wildman–Crippen MR) is 104 cm³/mol. The molecule has 0 fully saturated rings. The molecule has 0 saturated heterocycles. The highest BCUT2D eigenvalue weighted by Gasteiger charge is 2.16. The monoisotopic (exact) mass is 396 g/mol. The average molecular weight is 396 g/mol. The van der Waals surface area contributed by atoms with Gasteiger partial charge in [-0.05, 0) is 72.3 Å². The van der Waals surface area contributed by atoms with Crippen LogP contribution < -0.4 is 4.18 Å². The van der Waals surface area contributed by atoms with Crippen LogP contribution in [0.15, 0.2) is 83.8 Å². The first-order valence-electron chi connectivity index (χ1n) is 8.18. The molecule has 0 heterocycles. The Morgan fingerprint density at radius 3 is 2.18 bits per heavy atom. The molecule has 6 nitrogen and oxygen atoms in total. The number of phenols is 2. The van der Waals surface area contributed by atoms with E-state index >= 15 is 0 Å². The van der Waals surface area contributed by atoms with Crippen LogP contribution in [0.1, 0.15) is 15.9 Å². The molecule has 0 aliphatic rings. The molecule has 0 spiro atoms. The first-order valence-corrected chi connectivity index (χ1v) is 9.59. The van der Waals surface area contributed by atoms with E-state index in [-0.39, 0.29) is 27.9 Å². The summed E-state index contributed by atoms with van der Waals surface area (Å²) in [7, 11) is -4.05. The normalized spacial score (nSPS) is 11.4. The standard InChI is InChI=1S/C21H16O6S/c22-17-7-11-20(12-8-17)28(25,26)27-19-9-5-16(6-10-19)21(24)13-4-15-2-1-3-18(23)14-15/h1-14,22-23H/b13-4+. The average Bonchev–Trinajstić information content (AvgIpc) is 2.67. The first-order chi connectivity index (χ1) is 13.3. The number of carbonyl (C=O) groups excluding carboxylic acids is 1. The van der Waals surface area contributed by atoms with Gasteiger partial charge in [-0.15, -0.1) is 0 Å². The molecule has 0 aliphatic heterocycles. The molecule has 0 radical (unpaired) electrons. The second kappa shape index (κ2) is 7.98. The number of hydrogen-bond acceptors (Lipinski definition) is 6. The first kappa shape index (κ1) is 19.2. The van der Waals surface area contributed by atoms with Crippen molar-refractivity contribution in [3.05, 3.63) is 90.0 Å². The third-order valence-electron chi connectivity index (χ3n) is 3.77. The zero-order valence-corrected chi connectivity index (χ0v) is 15.3. The summed E-state index contributed by atoms with van der Waals surface area (Å²) in [6.45, 7) is 0. The lowest BCUT2D eigenvalue weighted by Gasteiger charge is -2.07. The van der Waals surface area contributed by atoms with Gasteiger partial charge >= 0.3 is 10.1 Å². The summed E-state index contributed by atoms with van der Waals surface area (Å²) in [5.74, 6) is -0.176. The van der Waals surface area contributed by atoms with Crippen LogP contribution in [0.4, 0.5) is 0 Å². The second-order valence-electron chi connectivity index (χ2n) is 5.85. The highest BCUT2D eigenvalue weighted by Crippen LogP contribution is 2.21. The Morgan fingerprint density at radius 2 is 1.54 bits per heavy atom. The van der Waals surface area contributed by atoms with Crippen molar-refractivity contribution in [1.29, 1.82) is 0 Å². The quantitative estimate of drug-likeness (QED) is 0.374. The predicted octanol–water partition coefficient (Wildman–Crippen LogP) is 3.76. The van der Waals surface area contributed by atoms with Crippen LogP contribution in [0.3, 0.4) is 0 Å². The van der Waals surface area contributed by atoms with Crippen molar-refractivity contribution in [3.8, 4) is 17.2 Å². The topological polar surface area (TPSA) is 101 Å². The van der Waals surface area contributed by atoms with Gasteiger partial charge in [0, 0.05) is 5.56 Å². The summed E-state index contributed by atoms with van der Waals surface area (Å²) in [6, 6.07) is 17.1. The molecule has 142 valence electrons. The molecule has 3 rings (SSSR count). The Morgan fingerprint density at radius 1 is 0.857 bits per heavy atom. The van der Waals surface area contributed by atoms with Gasteiger partial charge in [0.15, 0.2) is 5.78 Å². The van der Waals surface area contributed by atoms with E-state index in [1.807, 2.05) is 0 Å². The highest BCUT2D eigenvalue weighted by atomic mass is 32.2. The molecule has 0 saturated carbocycles. The Hall–Kier alpha value is -3.58. The fourth-order valence-corrected chi connectivity index (χ4v) is 3.29. The van der Waals surface area contributed by atoms with Crippen molar-refractivity contribution in [2.75, 3.05) is 0 Å². The fourth-order valence-electron chi connectivity index (χ4n) is 2.36. The molecule has 28 heavy (non-hydrogen) atoms. The highest BCUT2D eigenvalue weighted by molar-refractivity contribution is 7.87. The van der Waals surface area contributed by atoms with Crippen molar-refractivity contribution in [3.63, 3.8) is 0 Å². The second-order valence-corrected chi connectivity index (χ2v) is 7.39. The molecule has 0 amide bonds. The number of ketones is 1.